The zero-order chi connectivity index (χ0) is 11.9. The predicted octanol–water partition coefficient (Wildman–Crippen LogP) is 2.37. The van der Waals surface area contributed by atoms with E-state index in [2.05, 4.69) is 30.7 Å². The maximum absolute atomic E-state index is 5.92. The minimum atomic E-state index is 0.161. The summed E-state index contributed by atoms with van der Waals surface area (Å²) in [4.78, 5) is 8.74. The molecular formula is C12H18N4. The van der Waals surface area contributed by atoms with E-state index in [0.717, 1.165) is 23.3 Å². The molecule has 0 unspecified atom stereocenters. The molecule has 0 saturated heterocycles. The van der Waals surface area contributed by atoms with Crippen LogP contribution in [0.4, 0.5) is 5.95 Å². The van der Waals surface area contributed by atoms with Gasteiger partial charge in [-0.05, 0) is 24.0 Å². The lowest BCUT2D eigenvalue weighted by Crippen LogP contribution is -2.17. The molecule has 86 valence electrons. The smallest absolute Gasteiger partial charge is 0.202 e. The average molecular weight is 218 g/mol. The number of rotatable bonds is 1. The zero-order valence-corrected chi connectivity index (χ0v) is 10.3. The van der Waals surface area contributed by atoms with Crippen LogP contribution in [0.1, 0.15) is 26.3 Å². The number of aryl methyl sites for hydroxylation is 1. The standard InChI is InChI=1S/C12H18N4/c1-8-5-9-10(14-6-8)16(11(13)15-9)7-12(2,3)4/h5-6H,7H2,1-4H3,(H2,13,15). The number of nitrogens with two attached hydrogens (primary N) is 1. The summed E-state index contributed by atoms with van der Waals surface area (Å²) in [7, 11) is 0. The van der Waals surface area contributed by atoms with E-state index in [1.807, 2.05) is 23.8 Å². The van der Waals surface area contributed by atoms with E-state index in [-0.39, 0.29) is 5.41 Å². The summed E-state index contributed by atoms with van der Waals surface area (Å²) in [6.07, 6.45) is 1.85. The normalized spacial score (nSPS) is 12.2. The van der Waals surface area contributed by atoms with Crippen LogP contribution in [0.3, 0.4) is 0 Å². The number of pyridine rings is 1. The molecule has 0 atom stereocenters. The molecule has 4 heteroatoms. The van der Waals surface area contributed by atoms with Crippen molar-refractivity contribution in [3.05, 3.63) is 17.8 Å². The largest absolute Gasteiger partial charge is 0.369 e. The fourth-order valence-electron chi connectivity index (χ4n) is 1.76. The minimum absolute atomic E-state index is 0.161. The van der Waals surface area contributed by atoms with Crippen molar-refractivity contribution in [1.82, 2.24) is 14.5 Å². The number of imidazole rings is 1. The molecule has 0 saturated carbocycles. The summed E-state index contributed by atoms with van der Waals surface area (Å²) < 4.78 is 1.98. The van der Waals surface area contributed by atoms with E-state index in [4.69, 9.17) is 5.73 Å². The summed E-state index contributed by atoms with van der Waals surface area (Å²) in [5.74, 6) is 0.544. The Morgan fingerprint density at radius 3 is 2.69 bits per heavy atom. The number of hydrogen-bond donors (Lipinski definition) is 1. The lowest BCUT2D eigenvalue weighted by atomic mass is 9.97. The van der Waals surface area contributed by atoms with Crippen LogP contribution in [0.5, 0.6) is 0 Å². The van der Waals surface area contributed by atoms with Gasteiger partial charge in [-0.25, -0.2) is 9.97 Å². The lowest BCUT2D eigenvalue weighted by molar-refractivity contribution is 0.350. The molecular weight excluding hydrogens is 200 g/mol. The Labute approximate surface area is 95.5 Å². The molecule has 2 N–H and O–H groups in total. The Kier molecular flexibility index (Phi) is 2.37. The van der Waals surface area contributed by atoms with Crippen LogP contribution in [0.25, 0.3) is 11.2 Å². The van der Waals surface area contributed by atoms with E-state index < -0.39 is 0 Å². The van der Waals surface area contributed by atoms with Crippen LogP contribution in [-0.4, -0.2) is 14.5 Å². The van der Waals surface area contributed by atoms with E-state index in [1.165, 1.54) is 0 Å². The van der Waals surface area contributed by atoms with Crippen molar-refractivity contribution < 1.29 is 0 Å². The van der Waals surface area contributed by atoms with Crippen LogP contribution in [0.15, 0.2) is 12.3 Å². The second-order valence-corrected chi connectivity index (χ2v) is 5.47. The van der Waals surface area contributed by atoms with Gasteiger partial charge < -0.3 is 5.73 Å². The van der Waals surface area contributed by atoms with Crippen molar-refractivity contribution in [2.24, 2.45) is 5.41 Å². The SMILES string of the molecule is Cc1cnc2c(c1)nc(N)n2CC(C)(C)C. The molecule has 0 aromatic carbocycles. The highest BCUT2D eigenvalue weighted by atomic mass is 15.2. The summed E-state index contributed by atoms with van der Waals surface area (Å²) in [6.45, 7) is 9.35. The van der Waals surface area contributed by atoms with E-state index in [1.54, 1.807) is 0 Å². The molecule has 0 aliphatic rings. The topological polar surface area (TPSA) is 56.7 Å². The molecule has 0 fully saturated rings. The Balaban J connectivity index is 2.56. The maximum atomic E-state index is 5.92. The molecule has 0 aliphatic heterocycles. The second kappa shape index (κ2) is 3.47. The van der Waals surface area contributed by atoms with Crippen molar-refractivity contribution in [2.75, 3.05) is 5.73 Å². The van der Waals surface area contributed by atoms with Gasteiger partial charge >= 0.3 is 0 Å². The van der Waals surface area contributed by atoms with Gasteiger partial charge in [0.05, 0.1) is 0 Å². The Bertz CT molecular complexity index is 520. The van der Waals surface area contributed by atoms with E-state index in [9.17, 15) is 0 Å². The van der Waals surface area contributed by atoms with Crippen LogP contribution in [-0.2, 0) is 6.54 Å². The monoisotopic (exact) mass is 218 g/mol. The molecule has 2 aromatic heterocycles. The van der Waals surface area contributed by atoms with Crippen molar-refractivity contribution in [3.63, 3.8) is 0 Å². The molecule has 0 amide bonds. The molecule has 2 heterocycles. The predicted molar refractivity (Wildman–Crippen MR) is 66.1 cm³/mol. The summed E-state index contributed by atoms with van der Waals surface area (Å²) in [5, 5.41) is 0. The molecule has 2 aromatic rings. The molecule has 2 rings (SSSR count). The molecule has 0 bridgehead atoms. The van der Waals surface area contributed by atoms with Crippen LogP contribution in [0, 0.1) is 12.3 Å². The van der Waals surface area contributed by atoms with E-state index >= 15 is 0 Å². The fraction of sp³-hybridized carbons (Fsp3) is 0.500. The van der Waals surface area contributed by atoms with Gasteiger partial charge in [0.1, 0.15) is 5.52 Å². The van der Waals surface area contributed by atoms with Crippen molar-refractivity contribution >= 4 is 17.1 Å². The van der Waals surface area contributed by atoms with Gasteiger partial charge in [0.25, 0.3) is 0 Å². The van der Waals surface area contributed by atoms with Crippen molar-refractivity contribution in [2.45, 2.75) is 34.2 Å². The number of anilines is 1. The van der Waals surface area contributed by atoms with E-state index in [0.29, 0.717) is 5.95 Å². The van der Waals surface area contributed by atoms with Gasteiger partial charge in [0.15, 0.2) is 5.65 Å². The summed E-state index contributed by atoms with van der Waals surface area (Å²) >= 11 is 0. The number of nitrogens with zero attached hydrogens (tertiary/aromatic N) is 3. The first-order chi connectivity index (χ1) is 7.37. The third-order valence-electron chi connectivity index (χ3n) is 2.38. The Morgan fingerprint density at radius 2 is 2.06 bits per heavy atom. The van der Waals surface area contributed by atoms with Crippen molar-refractivity contribution in [3.8, 4) is 0 Å². The third-order valence-corrected chi connectivity index (χ3v) is 2.38. The second-order valence-electron chi connectivity index (χ2n) is 5.47. The van der Waals surface area contributed by atoms with Crippen molar-refractivity contribution in [1.29, 1.82) is 0 Å². The van der Waals surface area contributed by atoms with Gasteiger partial charge in [0.2, 0.25) is 5.95 Å². The van der Waals surface area contributed by atoms with Gasteiger partial charge in [-0.15, -0.1) is 0 Å². The van der Waals surface area contributed by atoms with Crippen LogP contribution < -0.4 is 5.73 Å². The average Bonchev–Trinajstić information content (AvgIpc) is 2.40. The summed E-state index contributed by atoms with van der Waals surface area (Å²) in [5.41, 5.74) is 8.94. The number of nitrogen functional groups attached to an aromatic ring is 1. The molecule has 16 heavy (non-hydrogen) atoms. The first-order valence-corrected chi connectivity index (χ1v) is 5.45. The first kappa shape index (κ1) is 10.9. The number of aromatic nitrogens is 3. The van der Waals surface area contributed by atoms with Crippen LogP contribution in [0.2, 0.25) is 0 Å². The van der Waals surface area contributed by atoms with Crippen LogP contribution >= 0.6 is 0 Å². The molecule has 0 aliphatic carbocycles. The zero-order valence-electron chi connectivity index (χ0n) is 10.3. The maximum Gasteiger partial charge on any atom is 0.202 e. The van der Waals surface area contributed by atoms with Gasteiger partial charge in [-0.2, -0.15) is 0 Å². The van der Waals surface area contributed by atoms with Gasteiger partial charge in [-0.3, -0.25) is 4.57 Å². The quantitative estimate of drug-likeness (QED) is 0.799. The number of hydrogen-bond acceptors (Lipinski definition) is 3. The third kappa shape index (κ3) is 2.01. The molecule has 0 radical (unpaired) electrons. The highest BCUT2D eigenvalue weighted by Crippen LogP contribution is 2.23. The fourth-order valence-corrected chi connectivity index (χ4v) is 1.76. The Hall–Kier alpha value is -1.58. The minimum Gasteiger partial charge on any atom is -0.369 e. The van der Waals surface area contributed by atoms with Gasteiger partial charge in [-0.1, -0.05) is 20.8 Å². The Morgan fingerprint density at radius 1 is 1.38 bits per heavy atom. The number of fused-ring (bicyclic) bond motifs is 1. The highest BCUT2D eigenvalue weighted by molar-refractivity contribution is 5.74. The molecule has 4 nitrogen and oxygen atoms in total. The highest BCUT2D eigenvalue weighted by Gasteiger charge is 2.16. The lowest BCUT2D eigenvalue weighted by Gasteiger charge is -2.19. The first-order valence-electron chi connectivity index (χ1n) is 5.45. The van der Waals surface area contributed by atoms with Gasteiger partial charge in [0, 0.05) is 12.7 Å². The molecule has 0 spiro atoms. The summed E-state index contributed by atoms with van der Waals surface area (Å²) in [6, 6.07) is 2.01.